The number of thiophene rings is 1. The van der Waals surface area contributed by atoms with E-state index in [0.29, 0.717) is 0 Å². The van der Waals surface area contributed by atoms with Crippen LogP contribution in [-0.4, -0.2) is 10.2 Å². The Kier molecular flexibility index (Phi) is 3.00. The molecule has 2 aromatic rings. The predicted molar refractivity (Wildman–Crippen MR) is 61.3 cm³/mol. The Hall–Kier alpha value is -0.650. The minimum atomic E-state index is 0.756. The molecule has 0 saturated carbocycles. The van der Waals surface area contributed by atoms with Crippen LogP contribution in [0.1, 0.15) is 9.88 Å². The van der Waals surface area contributed by atoms with Gasteiger partial charge in [-0.25, -0.2) is 0 Å². The molecule has 1 N–H and O–H groups in total. The summed E-state index contributed by atoms with van der Waals surface area (Å²) in [7, 11) is 0. The van der Waals surface area contributed by atoms with Gasteiger partial charge >= 0.3 is 0 Å². The molecule has 0 aliphatic carbocycles. The van der Waals surface area contributed by atoms with Crippen molar-refractivity contribution in [1.82, 2.24) is 10.2 Å². The van der Waals surface area contributed by atoms with Crippen LogP contribution in [0.5, 0.6) is 0 Å². The number of hydrogen-bond acceptors (Lipinski definition) is 5. The van der Waals surface area contributed by atoms with E-state index in [4.69, 9.17) is 11.6 Å². The molecule has 0 saturated heterocycles. The van der Waals surface area contributed by atoms with Gasteiger partial charge in [0.15, 0.2) is 0 Å². The molecule has 2 aromatic heterocycles. The van der Waals surface area contributed by atoms with Crippen molar-refractivity contribution in [2.45, 2.75) is 13.5 Å². The van der Waals surface area contributed by atoms with E-state index in [-0.39, 0.29) is 0 Å². The van der Waals surface area contributed by atoms with Gasteiger partial charge < -0.3 is 5.32 Å². The summed E-state index contributed by atoms with van der Waals surface area (Å²) in [4.78, 5) is 1.20. The highest BCUT2D eigenvalue weighted by atomic mass is 35.5. The summed E-state index contributed by atoms with van der Waals surface area (Å²) < 4.78 is 0. The van der Waals surface area contributed by atoms with Crippen LogP contribution in [0.15, 0.2) is 11.4 Å². The first kappa shape index (κ1) is 9.89. The number of hydrogen-bond donors (Lipinski definition) is 1. The highest BCUT2D eigenvalue weighted by Crippen LogP contribution is 2.21. The van der Waals surface area contributed by atoms with Crippen molar-refractivity contribution in [1.29, 1.82) is 0 Å². The number of halogens is 1. The van der Waals surface area contributed by atoms with Crippen LogP contribution in [-0.2, 0) is 6.54 Å². The van der Waals surface area contributed by atoms with Crippen molar-refractivity contribution in [3.63, 3.8) is 0 Å². The highest BCUT2D eigenvalue weighted by molar-refractivity contribution is 7.15. The SMILES string of the molecule is Cc1nnc(NCc2cc(Cl)cs2)s1. The smallest absolute Gasteiger partial charge is 0.205 e. The van der Waals surface area contributed by atoms with E-state index >= 15 is 0 Å². The van der Waals surface area contributed by atoms with Gasteiger partial charge in [0.1, 0.15) is 5.01 Å². The van der Waals surface area contributed by atoms with Crippen LogP contribution in [0, 0.1) is 6.92 Å². The van der Waals surface area contributed by atoms with Crippen LogP contribution >= 0.6 is 34.3 Å². The molecular weight excluding hydrogens is 238 g/mol. The molecule has 0 atom stereocenters. The summed E-state index contributed by atoms with van der Waals surface area (Å²) in [5.74, 6) is 0. The van der Waals surface area contributed by atoms with Crippen LogP contribution in [0.4, 0.5) is 5.13 Å². The molecule has 0 fully saturated rings. The van der Waals surface area contributed by atoms with E-state index in [0.717, 1.165) is 21.7 Å². The minimum absolute atomic E-state index is 0.756. The zero-order chi connectivity index (χ0) is 9.97. The lowest BCUT2D eigenvalue weighted by Gasteiger charge is -1.97. The fourth-order valence-corrected chi connectivity index (χ4v) is 2.58. The first-order valence-corrected chi connectivity index (χ1v) is 6.08. The molecule has 0 unspecified atom stereocenters. The quantitative estimate of drug-likeness (QED) is 0.903. The number of nitrogens with one attached hydrogen (secondary N) is 1. The lowest BCUT2D eigenvalue weighted by atomic mass is 10.5. The molecular formula is C8H8ClN3S2. The summed E-state index contributed by atoms with van der Waals surface area (Å²) in [5.41, 5.74) is 0. The van der Waals surface area contributed by atoms with Crippen molar-refractivity contribution in [2.75, 3.05) is 5.32 Å². The third-order valence-electron chi connectivity index (χ3n) is 1.56. The molecule has 2 rings (SSSR count). The molecule has 0 bridgehead atoms. The average Bonchev–Trinajstić information content (AvgIpc) is 2.72. The van der Waals surface area contributed by atoms with E-state index in [9.17, 15) is 0 Å². The maximum Gasteiger partial charge on any atom is 0.205 e. The number of aromatic nitrogens is 2. The van der Waals surface area contributed by atoms with E-state index in [2.05, 4.69) is 15.5 Å². The molecule has 14 heavy (non-hydrogen) atoms. The van der Waals surface area contributed by atoms with Crippen LogP contribution in [0.2, 0.25) is 5.02 Å². The Morgan fingerprint density at radius 3 is 2.93 bits per heavy atom. The van der Waals surface area contributed by atoms with Gasteiger partial charge in [0.05, 0.1) is 11.6 Å². The maximum absolute atomic E-state index is 5.80. The third-order valence-corrected chi connectivity index (χ3v) is 3.64. The van der Waals surface area contributed by atoms with Crippen molar-refractivity contribution in [3.8, 4) is 0 Å². The lowest BCUT2D eigenvalue weighted by Crippen LogP contribution is -1.96. The minimum Gasteiger partial charge on any atom is -0.355 e. The average molecular weight is 246 g/mol. The predicted octanol–water partition coefficient (Wildman–Crippen LogP) is 3.17. The fourth-order valence-electron chi connectivity index (χ4n) is 0.977. The summed E-state index contributed by atoms with van der Waals surface area (Å²) >= 11 is 8.99. The van der Waals surface area contributed by atoms with Gasteiger partial charge in [0, 0.05) is 10.3 Å². The first-order chi connectivity index (χ1) is 6.74. The number of rotatable bonds is 3. The summed E-state index contributed by atoms with van der Waals surface area (Å²) in [5, 5.41) is 15.6. The second-order valence-electron chi connectivity index (χ2n) is 2.71. The first-order valence-electron chi connectivity index (χ1n) is 4.01. The fraction of sp³-hybridized carbons (Fsp3) is 0.250. The molecule has 0 radical (unpaired) electrons. The second-order valence-corrected chi connectivity index (χ2v) is 5.32. The Labute approximate surface area is 94.8 Å². The molecule has 0 aliphatic heterocycles. The monoisotopic (exact) mass is 245 g/mol. The largest absolute Gasteiger partial charge is 0.355 e. The van der Waals surface area contributed by atoms with Crippen molar-refractivity contribution < 1.29 is 0 Å². The maximum atomic E-state index is 5.80. The molecule has 74 valence electrons. The summed E-state index contributed by atoms with van der Waals surface area (Å²) in [6.07, 6.45) is 0. The number of nitrogens with zero attached hydrogens (tertiary/aromatic N) is 2. The lowest BCUT2D eigenvalue weighted by molar-refractivity contribution is 1.03. The Morgan fingerprint density at radius 2 is 2.36 bits per heavy atom. The van der Waals surface area contributed by atoms with Crippen molar-refractivity contribution in [2.24, 2.45) is 0 Å². The van der Waals surface area contributed by atoms with Crippen molar-refractivity contribution >= 4 is 39.4 Å². The normalized spacial score (nSPS) is 10.4. The van der Waals surface area contributed by atoms with E-state index in [1.807, 2.05) is 18.4 Å². The molecule has 6 heteroatoms. The Bertz CT molecular complexity index is 383. The van der Waals surface area contributed by atoms with Crippen LogP contribution in [0.25, 0.3) is 0 Å². The zero-order valence-electron chi connectivity index (χ0n) is 7.45. The molecule has 0 aliphatic rings. The van der Waals surface area contributed by atoms with E-state index < -0.39 is 0 Å². The second kappa shape index (κ2) is 4.25. The molecule has 0 spiro atoms. The van der Waals surface area contributed by atoms with Gasteiger partial charge in [-0.15, -0.1) is 21.5 Å². The topological polar surface area (TPSA) is 37.8 Å². The van der Waals surface area contributed by atoms with Gasteiger partial charge in [-0.05, 0) is 13.0 Å². The van der Waals surface area contributed by atoms with Crippen molar-refractivity contribution in [3.05, 3.63) is 26.4 Å². The molecule has 0 amide bonds. The van der Waals surface area contributed by atoms with E-state index in [1.54, 1.807) is 22.7 Å². The van der Waals surface area contributed by atoms with Gasteiger partial charge in [-0.3, -0.25) is 0 Å². The molecule has 3 nitrogen and oxygen atoms in total. The van der Waals surface area contributed by atoms with Gasteiger partial charge in [-0.2, -0.15) is 0 Å². The Balaban J connectivity index is 1.94. The molecule has 2 heterocycles. The van der Waals surface area contributed by atoms with Crippen LogP contribution < -0.4 is 5.32 Å². The van der Waals surface area contributed by atoms with Gasteiger partial charge in [0.25, 0.3) is 0 Å². The highest BCUT2D eigenvalue weighted by Gasteiger charge is 2.01. The van der Waals surface area contributed by atoms with Crippen LogP contribution in [0.3, 0.4) is 0 Å². The number of anilines is 1. The summed E-state index contributed by atoms with van der Waals surface area (Å²) in [6.45, 7) is 2.69. The standard InChI is InChI=1S/C8H8ClN3S2/c1-5-11-12-8(14-5)10-3-7-2-6(9)4-13-7/h2,4H,3H2,1H3,(H,10,12). The third kappa shape index (κ3) is 2.43. The number of aryl methyl sites for hydroxylation is 1. The Morgan fingerprint density at radius 1 is 1.50 bits per heavy atom. The summed E-state index contributed by atoms with van der Waals surface area (Å²) in [6, 6.07) is 1.95. The van der Waals surface area contributed by atoms with E-state index in [1.165, 1.54) is 4.88 Å². The molecule has 0 aromatic carbocycles. The zero-order valence-corrected chi connectivity index (χ0v) is 9.84. The van der Waals surface area contributed by atoms with Gasteiger partial charge in [-0.1, -0.05) is 22.9 Å². The van der Waals surface area contributed by atoms with Gasteiger partial charge in [0.2, 0.25) is 5.13 Å².